The molecule has 6 nitrogen and oxygen atoms in total. The molecule has 3 heterocycles. The first-order chi connectivity index (χ1) is 14.7. The van der Waals surface area contributed by atoms with E-state index in [0.29, 0.717) is 42.3 Å². The lowest BCUT2D eigenvalue weighted by Crippen LogP contribution is -2.55. The summed E-state index contributed by atoms with van der Waals surface area (Å²) >= 11 is 1.24. The number of hydroxylamine groups is 2. The number of hydrogen-bond acceptors (Lipinski definition) is 6. The highest BCUT2D eigenvalue weighted by Gasteiger charge is 2.34. The Kier molecular flexibility index (Phi) is 6.22. The van der Waals surface area contributed by atoms with Crippen molar-refractivity contribution < 1.29 is 17.4 Å². The predicted octanol–water partition coefficient (Wildman–Crippen LogP) is 3.94. The Morgan fingerprint density at radius 3 is 2.45 bits per heavy atom. The molecular weight excluding hydrogens is 449 g/mol. The number of thiophene rings is 1. The number of nitrogens with zero attached hydrogens (tertiary/aromatic N) is 3. The van der Waals surface area contributed by atoms with Gasteiger partial charge in [-0.2, -0.15) is 13.2 Å². The van der Waals surface area contributed by atoms with Crippen LogP contribution in [0.5, 0.6) is 0 Å². The Morgan fingerprint density at radius 1 is 1.13 bits per heavy atom. The first-order valence-corrected chi connectivity index (χ1v) is 11.7. The molecule has 3 aromatic rings. The summed E-state index contributed by atoms with van der Waals surface area (Å²) in [5.41, 5.74) is 0.197. The zero-order chi connectivity index (χ0) is 22.1. The predicted molar refractivity (Wildman–Crippen MR) is 115 cm³/mol. The molecular formula is C20H19F3N4O2S2. The van der Waals surface area contributed by atoms with Gasteiger partial charge in [0, 0.05) is 13.1 Å². The topological polar surface area (TPSA) is 77.9 Å². The first kappa shape index (κ1) is 22.0. The van der Waals surface area contributed by atoms with Crippen molar-refractivity contribution in [2.45, 2.75) is 17.1 Å². The van der Waals surface area contributed by atoms with Crippen LogP contribution in [0.3, 0.4) is 0 Å². The van der Waals surface area contributed by atoms with Gasteiger partial charge in [0.1, 0.15) is 11.4 Å². The van der Waals surface area contributed by atoms with E-state index >= 15 is 0 Å². The molecule has 1 aliphatic rings. The summed E-state index contributed by atoms with van der Waals surface area (Å²) in [5, 5.41) is 17.4. The summed E-state index contributed by atoms with van der Waals surface area (Å²) < 4.78 is 52.3. The van der Waals surface area contributed by atoms with E-state index in [-0.39, 0.29) is 16.6 Å². The van der Waals surface area contributed by atoms with Crippen molar-refractivity contribution in [1.29, 1.82) is 0 Å². The highest BCUT2D eigenvalue weighted by atomic mass is 32.2. The molecule has 1 fully saturated rings. The van der Waals surface area contributed by atoms with E-state index in [4.69, 9.17) is 0 Å². The molecule has 2 aromatic heterocycles. The molecule has 164 valence electrons. The highest BCUT2D eigenvalue weighted by Crippen LogP contribution is 2.32. The van der Waals surface area contributed by atoms with Crippen LogP contribution in [0.2, 0.25) is 0 Å². The van der Waals surface area contributed by atoms with Crippen LogP contribution in [0, 0.1) is 5.21 Å². The third-order valence-corrected chi connectivity index (χ3v) is 7.06. The molecule has 11 heteroatoms. The molecule has 1 unspecified atom stereocenters. The maximum absolute atomic E-state index is 13.3. The van der Waals surface area contributed by atoms with Gasteiger partial charge in [0.05, 0.1) is 40.2 Å². The maximum Gasteiger partial charge on any atom is 0.433 e. The fourth-order valence-corrected chi connectivity index (χ4v) is 5.03. The van der Waals surface area contributed by atoms with Crippen LogP contribution in [-0.2, 0) is 22.7 Å². The number of hydrogen-bond donors (Lipinski definition) is 1. The summed E-state index contributed by atoms with van der Waals surface area (Å²) in [6.07, 6.45) is -4.68. The van der Waals surface area contributed by atoms with Gasteiger partial charge in [0.2, 0.25) is 5.16 Å². The van der Waals surface area contributed by atoms with E-state index in [0.717, 1.165) is 6.07 Å². The minimum atomic E-state index is -4.68. The van der Waals surface area contributed by atoms with Crippen LogP contribution in [0.1, 0.15) is 11.3 Å². The first-order valence-electron chi connectivity index (χ1n) is 9.51. The Bertz CT molecular complexity index is 1070. The molecule has 31 heavy (non-hydrogen) atoms. The van der Waals surface area contributed by atoms with E-state index in [9.17, 15) is 22.6 Å². The standard InChI is InChI=1S/C20H19F3N4O2S2/c21-20(22,23)18-12-16(17-2-1-11-30-17)25-19(26-18)31(29)13-14-3-5-15(6-4-14)27(28)9-7-24-8-10-27/h1-6,11-12,24H,7-10,13H2. The van der Waals surface area contributed by atoms with Crippen LogP contribution in [0.15, 0.2) is 53.0 Å². The van der Waals surface area contributed by atoms with Gasteiger partial charge in [-0.1, -0.05) is 18.2 Å². The molecule has 0 bridgehead atoms. The SMILES string of the molecule is O=S(Cc1ccc([N+]2([O-])CCNCC2)cc1)c1nc(-c2cccs2)cc(C(F)(F)F)n1. The molecule has 0 aliphatic carbocycles. The summed E-state index contributed by atoms with van der Waals surface area (Å²) in [4.78, 5) is 8.19. The van der Waals surface area contributed by atoms with Gasteiger partial charge in [0.15, 0.2) is 0 Å². The zero-order valence-electron chi connectivity index (χ0n) is 16.3. The summed E-state index contributed by atoms with van der Waals surface area (Å²) in [6.45, 7) is 2.12. The van der Waals surface area contributed by atoms with Gasteiger partial charge < -0.3 is 15.2 Å². The number of benzene rings is 1. The quantitative estimate of drug-likeness (QED) is 0.349. The Morgan fingerprint density at radius 2 is 1.84 bits per heavy atom. The van der Waals surface area contributed by atoms with Crippen LogP contribution in [0.25, 0.3) is 10.6 Å². The van der Waals surface area contributed by atoms with Crippen molar-refractivity contribution in [2.24, 2.45) is 0 Å². The van der Waals surface area contributed by atoms with Crippen molar-refractivity contribution in [3.63, 3.8) is 0 Å². The molecule has 0 spiro atoms. The lowest BCUT2D eigenvalue weighted by Gasteiger charge is -2.45. The Labute approximate surface area is 183 Å². The second-order valence-electron chi connectivity index (χ2n) is 7.14. The minimum Gasteiger partial charge on any atom is -0.627 e. The number of rotatable bonds is 5. The average Bonchev–Trinajstić information content (AvgIpc) is 3.29. The van der Waals surface area contributed by atoms with Gasteiger partial charge in [-0.15, -0.1) is 11.3 Å². The van der Waals surface area contributed by atoms with Gasteiger partial charge in [-0.05, 0) is 35.2 Å². The van der Waals surface area contributed by atoms with Crippen molar-refractivity contribution in [2.75, 3.05) is 26.2 Å². The van der Waals surface area contributed by atoms with Crippen LogP contribution >= 0.6 is 11.3 Å². The van der Waals surface area contributed by atoms with E-state index in [2.05, 4.69) is 15.3 Å². The monoisotopic (exact) mass is 468 g/mol. The number of aromatic nitrogens is 2. The molecule has 1 N–H and O–H groups in total. The van der Waals surface area contributed by atoms with Crippen molar-refractivity contribution >= 4 is 27.8 Å². The Balaban J connectivity index is 1.57. The molecule has 1 saturated heterocycles. The second kappa shape index (κ2) is 8.75. The molecule has 1 aromatic carbocycles. The number of quaternary nitrogens is 1. The maximum atomic E-state index is 13.3. The number of nitrogens with one attached hydrogen (secondary N) is 1. The second-order valence-corrected chi connectivity index (χ2v) is 9.43. The van der Waals surface area contributed by atoms with Crippen molar-refractivity contribution in [3.8, 4) is 10.6 Å². The fourth-order valence-electron chi connectivity index (χ4n) is 3.32. The van der Waals surface area contributed by atoms with Crippen LogP contribution in [-0.4, -0.2) is 40.4 Å². The minimum absolute atomic E-state index is 0.0497. The molecule has 0 amide bonds. The molecule has 1 atom stereocenters. The molecule has 4 rings (SSSR count). The van der Waals surface area contributed by atoms with E-state index in [1.54, 1.807) is 41.8 Å². The van der Waals surface area contributed by atoms with Crippen molar-refractivity contribution in [1.82, 2.24) is 19.9 Å². The van der Waals surface area contributed by atoms with Gasteiger partial charge >= 0.3 is 6.18 Å². The average molecular weight is 469 g/mol. The van der Waals surface area contributed by atoms with Crippen LogP contribution < -0.4 is 9.96 Å². The normalized spacial score (nSPS) is 17.4. The third kappa shape index (κ3) is 5.01. The smallest absolute Gasteiger partial charge is 0.433 e. The fraction of sp³-hybridized carbons (Fsp3) is 0.300. The van der Waals surface area contributed by atoms with Crippen molar-refractivity contribution in [3.05, 3.63) is 64.3 Å². The van der Waals surface area contributed by atoms with Gasteiger partial charge in [0.25, 0.3) is 0 Å². The number of piperazine rings is 1. The van der Waals surface area contributed by atoms with Gasteiger partial charge in [-0.3, -0.25) is 4.21 Å². The van der Waals surface area contributed by atoms with E-state index in [1.807, 2.05) is 0 Å². The Hall–Kier alpha value is -2.18. The zero-order valence-corrected chi connectivity index (χ0v) is 17.9. The summed E-state index contributed by atoms with van der Waals surface area (Å²) in [5.74, 6) is -0.0497. The highest BCUT2D eigenvalue weighted by molar-refractivity contribution is 7.84. The summed E-state index contributed by atoms with van der Waals surface area (Å²) in [6, 6.07) is 11.0. The third-order valence-electron chi connectivity index (χ3n) is 4.98. The summed E-state index contributed by atoms with van der Waals surface area (Å²) in [7, 11) is -1.88. The molecule has 0 radical (unpaired) electrons. The molecule has 1 aliphatic heterocycles. The number of halogens is 3. The largest absolute Gasteiger partial charge is 0.627 e. The molecule has 0 saturated carbocycles. The van der Waals surface area contributed by atoms with E-state index < -0.39 is 27.3 Å². The van der Waals surface area contributed by atoms with E-state index in [1.165, 1.54) is 11.3 Å². The van der Waals surface area contributed by atoms with Crippen LogP contribution in [0.4, 0.5) is 18.9 Å². The lowest BCUT2D eigenvalue weighted by molar-refractivity contribution is -0.141. The lowest BCUT2D eigenvalue weighted by atomic mass is 10.2. The van der Waals surface area contributed by atoms with Gasteiger partial charge in [-0.25, -0.2) is 9.97 Å². The number of alkyl halides is 3.